The second-order valence-corrected chi connectivity index (χ2v) is 5.95. The summed E-state index contributed by atoms with van der Waals surface area (Å²) >= 11 is 0. The Morgan fingerprint density at radius 1 is 1.24 bits per heavy atom. The lowest BCUT2D eigenvalue weighted by Crippen LogP contribution is -2.23. The van der Waals surface area contributed by atoms with Crippen molar-refractivity contribution in [3.05, 3.63) is 76.9 Å². The summed E-state index contributed by atoms with van der Waals surface area (Å²) in [5.41, 5.74) is 9.20. The quantitative estimate of drug-likeness (QED) is 0.677. The molecule has 0 fully saturated rings. The standard InChI is InChI=1S/C20H24N2O3/c1-13(2)19(23)16-8-17(10-18(9-16)25-3)20(24)22-12-15-6-4-14(11-21)5-7-15/h4-10,19,23H,1,11-12,21H2,2-3H3,(H,22,24). The van der Waals surface area contributed by atoms with Crippen molar-refractivity contribution in [2.75, 3.05) is 7.11 Å². The molecule has 25 heavy (non-hydrogen) atoms. The van der Waals surface area contributed by atoms with Crippen LogP contribution in [-0.2, 0) is 13.1 Å². The average molecular weight is 340 g/mol. The van der Waals surface area contributed by atoms with E-state index in [0.717, 1.165) is 11.1 Å². The molecular weight excluding hydrogens is 316 g/mol. The van der Waals surface area contributed by atoms with Crippen molar-refractivity contribution in [2.45, 2.75) is 26.1 Å². The van der Waals surface area contributed by atoms with E-state index in [0.29, 0.717) is 35.5 Å². The molecule has 1 unspecified atom stereocenters. The van der Waals surface area contributed by atoms with E-state index in [9.17, 15) is 9.90 Å². The minimum Gasteiger partial charge on any atom is -0.497 e. The fraction of sp³-hybridized carbons (Fsp3) is 0.250. The summed E-state index contributed by atoms with van der Waals surface area (Å²) in [4.78, 5) is 12.5. The normalized spacial score (nSPS) is 11.7. The van der Waals surface area contributed by atoms with E-state index < -0.39 is 6.10 Å². The number of carbonyl (C=O) groups excluding carboxylic acids is 1. The number of carbonyl (C=O) groups is 1. The van der Waals surface area contributed by atoms with Crippen LogP contribution in [0.2, 0.25) is 0 Å². The van der Waals surface area contributed by atoms with E-state index in [1.807, 2.05) is 24.3 Å². The maximum Gasteiger partial charge on any atom is 0.251 e. The van der Waals surface area contributed by atoms with Gasteiger partial charge in [0.05, 0.1) is 13.2 Å². The maximum atomic E-state index is 12.5. The minimum absolute atomic E-state index is 0.239. The summed E-state index contributed by atoms with van der Waals surface area (Å²) in [6.07, 6.45) is -0.842. The molecule has 4 N–H and O–H groups in total. The molecule has 2 aromatic rings. The number of hydrogen-bond acceptors (Lipinski definition) is 4. The van der Waals surface area contributed by atoms with Crippen LogP contribution < -0.4 is 15.8 Å². The van der Waals surface area contributed by atoms with Gasteiger partial charge in [-0.25, -0.2) is 0 Å². The molecule has 0 radical (unpaired) electrons. The number of aliphatic hydroxyl groups excluding tert-OH is 1. The smallest absolute Gasteiger partial charge is 0.251 e. The highest BCUT2D eigenvalue weighted by atomic mass is 16.5. The van der Waals surface area contributed by atoms with Gasteiger partial charge in [-0.05, 0) is 47.4 Å². The lowest BCUT2D eigenvalue weighted by molar-refractivity contribution is 0.0950. The lowest BCUT2D eigenvalue weighted by atomic mass is 10.0. The van der Waals surface area contributed by atoms with Crippen LogP contribution in [0, 0.1) is 0 Å². The largest absolute Gasteiger partial charge is 0.497 e. The van der Waals surface area contributed by atoms with Crippen molar-refractivity contribution in [2.24, 2.45) is 5.73 Å². The zero-order valence-electron chi connectivity index (χ0n) is 14.6. The highest BCUT2D eigenvalue weighted by molar-refractivity contribution is 5.94. The van der Waals surface area contributed by atoms with Crippen LogP contribution in [0.5, 0.6) is 5.75 Å². The Bertz CT molecular complexity index is 754. The van der Waals surface area contributed by atoms with Gasteiger partial charge >= 0.3 is 0 Å². The van der Waals surface area contributed by atoms with Crippen LogP contribution in [0.1, 0.15) is 40.1 Å². The molecule has 0 saturated heterocycles. The number of ether oxygens (including phenoxy) is 1. The second-order valence-electron chi connectivity index (χ2n) is 5.95. The van der Waals surface area contributed by atoms with Gasteiger partial charge in [-0.3, -0.25) is 4.79 Å². The Balaban J connectivity index is 2.14. The lowest BCUT2D eigenvalue weighted by Gasteiger charge is -2.14. The monoisotopic (exact) mass is 340 g/mol. The van der Waals surface area contributed by atoms with Gasteiger partial charge in [0.15, 0.2) is 0 Å². The van der Waals surface area contributed by atoms with Crippen molar-refractivity contribution in [3.8, 4) is 5.75 Å². The van der Waals surface area contributed by atoms with Gasteiger partial charge in [0, 0.05) is 18.7 Å². The SMILES string of the molecule is C=C(C)C(O)c1cc(OC)cc(C(=O)NCc2ccc(CN)cc2)c1. The predicted molar refractivity (Wildman–Crippen MR) is 98.3 cm³/mol. The molecule has 1 atom stereocenters. The summed E-state index contributed by atoms with van der Waals surface area (Å²) in [5.74, 6) is 0.271. The predicted octanol–water partition coefficient (Wildman–Crippen LogP) is 2.69. The van der Waals surface area contributed by atoms with Gasteiger partial charge in [-0.1, -0.05) is 30.8 Å². The van der Waals surface area contributed by atoms with Crippen LogP contribution in [-0.4, -0.2) is 18.1 Å². The van der Waals surface area contributed by atoms with Crippen LogP contribution in [0.15, 0.2) is 54.6 Å². The molecular formula is C20H24N2O3. The molecule has 0 saturated carbocycles. The summed E-state index contributed by atoms with van der Waals surface area (Å²) in [5, 5.41) is 13.1. The molecule has 5 nitrogen and oxygen atoms in total. The van der Waals surface area contributed by atoms with Gasteiger partial charge < -0.3 is 20.9 Å². The molecule has 0 aliphatic rings. The summed E-state index contributed by atoms with van der Waals surface area (Å²) in [6, 6.07) is 12.7. The van der Waals surface area contributed by atoms with Crippen molar-refractivity contribution in [3.63, 3.8) is 0 Å². The van der Waals surface area contributed by atoms with Gasteiger partial charge in [0.25, 0.3) is 5.91 Å². The first kappa shape index (κ1) is 18.7. The number of hydrogen-bond donors (Lipinski definition) is 3. The Kier molecular flexibility index (Phi) is 6.33. The van der Waals surface area contributed by atoms with Crippen LogP contribution in [0.25, 0.3) is 0 Å². The molecule has 0 aromatic heterocycles. The van der Waals surface area contributed by atoms with E-state index in [1.165, 1.54) is 7.11 Å². The van der Waals surface area contributed by atoms with Crippen LogP contribution >= 0.6 is 0 Å². The van der Waals surface area contributed by atoms with Gasteiger partial charge in [-0.2, -0.15) is 0 Å². The summed E-state index contributed by atoms with van der Waals surface area (Å²) < 4.78 is 5.23. The van der Waals surface area contributed by atoms with Crippen molar-refractivity contribution in [1.29, 1.82) is 0 Å². The molecule has 5 heteroatoms. The summed E-state index contributed by atoms with van der Waals surface area (Å²) in [6.45, 7) is 6.37. The van der Waals surface area contributed by atoms with Gasteiger partial charge in [-0.15, -0.1) is 0 Å². The fourth-order valence-corrected chi connectivity index (χ4v) is 2.39. The third-order valence-electron chi connectivity index (χ3n) is 3.92. The zero-order chi connectivity index (χ0) is 18.4. The molecule has 0 bridgehead atoms. The van der Waals surface area contributed by atoms with Crippen molar-refractivity contribution in [1.82, 2.24) is 5.32 Å². The number of amides is 1. The molecule has 0 aliphatic heterocycles. The van der Waals surface area contributed by atoms with E-state index in [2.05, 4.69) is 11.9 Å². The van der Waals surface area contributed by atoms with Gasteiger partial charge in [0.2, 0.25) is 0 Å². The van der Waals surface area contributed by atoms with E-state index in [4.69, 9.17) is 10.5 Å². The first-order valence-electron chi connectivity index (χ1n) is 8.03. The Morgan fingerprint density at radius 3 is 2.44 bits per heavy atom. The number of benzene rings is 2. The zero-order valence-corrected chi connectivity index (χ0v) is 14.6. The Labute approximate surface area is 148 Å². The molecule has 0 aliphatic carbocycles. The first-order chi connectivity index (χ1) is 11.9. The number of aliphatic hydroxyl groups is 1. The van der Waals surface area contributed by atoms with Crippen molar-refractivity contribution < 1.29 is 14.6 Å². The third-order valence-corrected chi connectivity index (χ3v) is 3.92. The van der Waals surface area contributed by atoms with E-state index in [1.54, 1.807) is 25.1 Å². The third kappa shape index (κ3) is 4.92. The van der Waals surface area contributed by atoms with Crippen LogP contribution in [0.3, 0.4) is 0 Å². The van der Waals surface area contributed by atoms with Crippen molar-refractivity contribution >= 4 is 5.91 Å². The fourth-order valence-electron chi connectivity index (χ4n) is 2.39. The van der Waals surface area contributed by atoms with Crippen LogP contribution in [0.4, 0.5) is 0 Å². The molecule has 132 valence electrons. The van der Waals surface area contributed by atoms with E-state index in [-0.39, 0.29) is 5.91 Å². The van der Waals surface area contributed by atoms with E-state index >= 15 is 0 Å². The van der Waals surface area contributed by atoms with Gasteiger partial charge in [0.1, 0.15) is 5.75 Å². The highest BCUT2D eigenvalue weighted by Gasteiger charge is 2.14. The molecule has 0 spiro atoms. The number of nitrogens with two attached hydrogens (primary N) is 1. The number of rotatable bonds is 7. The maximum absolute atomic E-state index is 12.5. The molecule has 1 amide bonds. The first-order valence-corrected chi connectivity index (χ1v) is 8.03. The Hall–Kier alpha value is -2.63. The number of methoxy groups -OCH3 is 1. The minimum atomic E-state index is -0.842. The topological polar surface area (TPSA) is 84.6 Å². The number of nitrogens with one attached hydrogen (secondary N) is 1. The average Bonchev–Trinajstić information content (AvgIpc) is 2.65. The Morgan fingerprint density at radius 2 is 1.88 bits per heavy atom. The molecule has 0 heterocycles. The highest BCUT2D eigenvalue weighted by Crippen LogP contribution is 2.26. The summed E-state index contributed by atoms with van der Waals surface area (Å²) in [7, 11) is 1.52. The second kappa shape index (κ2) is 8.46. The molecule has 2 aromatic carbocycles. The molecule has 2 rings (SSSR count).